The average Bonchev–Trinajstić information content (AvgIpc) is 2.68. The molecule has 19 heavy (non-hydrogen) atoms. The molecule has 2 aromatic rings. The second-order valence-electron chi connectivity index (χ2n) is 3.56. The van der Waals surface area contributed by atoms with Crippen LogP contribution in [-0.4, -0.2) is 22.4 Å². The van der Waals surface area contributed by atoms with Gasteiger partial charge >= 0.3 is 5.97 Å². The summed E-state index contributed by atoms with van der Waals surface area (Å²) in [6, 6.07) is 5.85. The van der Waals surface area contributed by atoms with Gasteiger partial charge in [0.15, 0.2) is 5.69 Å². The Bertz CT molecular complexity index is 613. The highest BCUT2D eigenvalue weighted by atomic mass is 127. The van der Waals surface area contributed by atoms with Crippen molar-refractivity contribution < 1.29 is 13.9 Å². The normalized spacial score (nSPS) is 10.5. The summed E-state index contributed by atoms with van der Waals surface area (Å²) in [7, 11) is 0. The van der Waals surface area contributed by atoms with E-state index in [1.54, 1.807) is 23.7 Å². The van der Waals surface area contributed by atoms with Gasteiger partial charge in [-0.2, -0.15) is 5.10 Å². The molecule has 0 aliphatic rings. The number of rotatable bonds is 3. The van der Waals surface area contributed by atoms with Gasteiger partial charge in [0.05, 0.1) is 16.8 Å². The lowest BCUT2D eigenvalue weighted by molar-refractivity contribution is 0.0518. The minimum Gasteiger partial charge on any atom is -0.461 e. The molecule has 100 valence electrons. The minimum absolute atomic E-state index is 0.204. The fourth-order valence-corrected chi connectivity index (χ4v) is 2.51. The quantitative estimate of drug-likeness (QED) is 0.543. The van der Waals surface area contributed by atoms with Gasteiger partial charge in [-0.25, -0.2) is 13.9 Å². The van der Waals surface area contributed by atoms with E-state index >= 15 is 0 Å². The molecule has 0 amide bonds. The van der Waals surface area contributed by atoms with Gasteiger partial charge in [-0.1, -0.05) is 0 Å². The summed E-state index contributed by atoms with van der Waals surface area (Å²) in [5, 5.41) is 4.19. The third-order valence-electron chi connectivity index (χ3n) is 2.31. The Labute approximate surface area is 131 Å². The molecule has 0 saturated carbocycles. The summed E-state index contributed by atoms with van der Waals surface area (Å²) in [6.07, 6.45) is 0. The Kier molecular flexibility index (Phi) is 4.56. The predicted molar refractivity (Wildman–Crippen MR) is 79.9 cm³/mol. The standard InChI is InChI=1S/C12H9BrFIN2O2/c1-2-19-12(18)10-9(13)11(15)17(16-10)8-5-3-7(14)4-6-8/h3-6H,2H2,1H3. The Morgan fingerprint density at radius 1 is 1.47 bits per heavy atom. The van der Waals surface area contributed by atoms with Crippen molar-refractivity contribution in [2.45, 2.75) is 6.92 Å². The summed E-state index contributed by atoms with van der Waals surface area (Å²) in [4.78, 5) is 11.7. The molecule has 0 aliphatic heterocycles. The zero-order valence-electron chi connectivity index (χ0n) is 9.86. The van der Waals surface area contributed by atoms with Crippen molar-refractivity contribution in [2.24, 2.45) is 0 Å². The Morgan fingerprint density at radius 2 is 2.11 bits per heavy atom. The number of carbonyl (C=O) groups is 1. The van der Waals surface area contributed by atoms with E-state index in [0.717, 1.165) is 0 Å². The number of aromatic nitrogens is 2. The van der Waals surface area contributed by atoms with Gasteiger partial charge in [0.25, 0.3) is 0 Å². The van der Waals surface area contributed by atoms with Gasteiger partial charge in [0.2, 0.25) is 0 Å². The van der Waals surface area contributed by atoms with Crippen LogP contribution in [0.5, 0.6) is 0 Å². The van der Waals surface area contributed by atoms with Crippen LogP contribution in [0.3, 0.4) is 0 Å². The number of halogens is 3. The van der Waals surface area contributed by atoms with Crippen LogP contribution in [-0.2, 0) is 4.74 Å². The first kappa shape index (κ1) is 14.4. The predicted octanol–water partition coefficient (Wildman–Crippen LogP) is 3.56. The molecule has 0 saturated heterocycles. The first-order valence-electron chi connectivity index (χ1n) is 5.41. The smallest absolute Gasteiger partial charge is 0.360 e. The summed E-state index contributed by atoms with van der Waals surface area (Å²) in [5.74, 6) is -0.816. The summed E-state index contributed by atoms with van der Waals surface area (Å²) in [5.41, 5.74) is 0.873. The van der Waals surface area contributed by atoms with Crippen LogP contribution in [0.1, 0.15) is 17.4 Å². The summed E-state index contributed by atoms with van der Waals surface area (Å²) >= 11 is 5.37. The molecule has 0 N–H and O–H groups in total. The molecular weight excluding hydrogens is 430 g/mol. The third-order valence-corrected chi connectivity index (χ3v) is 4.80. The highest BCUT2D eigenvalue weighted by Crippen LogP contribution is 2.26. The third kappa shape index (κ3) is 2.97. The molecular formula is C12H9BrFIN2O2. The van der Waals surface area contributed by atoms with Crippen LogP contribution in [0.25, 0.3) is 5.69 Å². The monoisotopic (exact) mass is 438 g/mol. The molecule has 0 radical (unpaired) electrons. The van der Waals surface area contributed by atoms with Gasteiger partial charge in [-0.05, 0) is 69.7 Å². The number of esters is 1. The summed E-state index contributed by atoms with van der Waals surface area (Å²) < 4.78 is 20.7. The van der Waals surface area contributed by atoms with Crippen LogP contribution < -0.4 is 0 Å². The molecule has 2 rings (SSSR count). The van der Waals surface area contributed by atoms with E-state index in [-0.39, 0.29) is 18.1 Å². The molecule has 0 bridgehead atoms. The molecule has 0 aliphatic carbocycles. The van der Waals surface area contributed by atoms with Gasteiger partial charge in [-0.15, -0.1) is 0 Å². The van der Waals surface area contributed by atoms with E-state index in [1.807, 2.05) is 0 Å². The average molecular weight is 439 g/mol. The maximum absolute atomic E-state index is 12.9. The van der Waals surface area contributed by atoms with E-state index < -0.39 is 5.97 Å². The molecule has 1 aromatic carbocycles. The van der Waals surface area contributed by atoms with Crippen LogP contribution >= 0.6 is 38.5 Å². The largest absolute Gasteiger partial charge is 0.461 e. The minimum atomic E-state index is -0.492. The number of ether oxygens (including phenoxy) is 1. The van der Waals surface area contributed by atoms with Crippen LogP contribution in [0.15, 0.2) is 28.7 Å². The van der Waals surface area contributed by atoms with Gasteiger partial charge in [0.1, 0.15) is 9.52 Å². The first-order valence-corrected chi connectivity index (χ1v) is 7.28. The first-order chi connectivity index (χ1) is 9.04. The number of carbonyl (C=O) groups excluding carboxylic acids is 1. The molecule has 0 fully saturated rings. The van der Waals surface area contributed by atoms with Crippen molar-refractivity contribution in [1.29, 1.82) is 0 Å². The Balaban J connectivity index is 2.45. The van der Waals surface area contributed by atoms with Crippen LogP contribution in [0.2, 0.25) is 0 Å². The summed E-state index contributed by atoms with van der Waals surface area (Å²) in [6.45, 7) is 2.01. The van der Waals surface area contributed by atoms with E-state index in [2.05, 4.69) is 43.6 Å². The Morgan fingerprint density at radius 3 is 2.68 bits per heavy atom. The molecule has 4 nitrogen and oxygen atoms in total. The van der Waals surface area contributed by atoms with Gasteiger partial charge in [0, 0.05) is 0 Å². The maximum atomic E-state index is 12.9. The highest BCUT2D eigenvalue weighted by Gasteiger charge is 2.21. The van der Waals surface area contributed by atoms with Crippen LogP contribution in [0.4, 0.5) is 4.39 Å². The van der Waals surface area contributed by atoms with Gasteiger partial charge in [-0.3, -0.25) is 0 Å². The highest BCUT2D eigenvalue weighted by molar-refractivity contribution is 14.1. The lowest BCUT2D eigenvalue weighted by Gasteiger charge is -2.02. The zero-order chi connectivity index (χ0) is 14.0. The fourth-order valence-electron chi connectivity index (χ4n) is 1.46. The van der Waals surface area contributed by atoms with Crippen LogP contribution in [0, 0.1) is 9.52 Å². The van der Waals surface area contributed by atoms with Crippen molar-refractivity contribution in [3.05, 3.63) is 43.9 Å². The molecule has 0 atom stereocenters. The zero-order valence-corrected chi connectivity index (χ0v) is 13.6. The van der Waals surface area contributed by atoms with E-state index in [1.165, 1.54) is 12.1 Å². The molecule has 7 heteroatoms. The van der Waals surface area contributed by atoms with Crippen molar-refractivity contribution >= 4 is 44.5 Å². The number of benzene rings is 1. The molecule has 1 heterocycles. The van der Waals surface area contributed by atoms with E-state index in [0.29, 0.717) is 13.9 Å². The second-order valence-corrected chi connectivity index (χ2v) is 5.38. The fraction of sp³-hybridized carbons (Fsp3) is 0.167. The topological polar surface area (TPSA) is 44.1 Å². The molecule has 1 aromatic heterocycles. The SMILES string of the molecule is CCOC(=O)c1nn(-c2ccc(F)cc2)c(I)c1Br. The Hall–Kier alpha value is -0.960. The van der Waals surface area contributed by atoms with Gasteiger partial charge < -0.3 is 4.74 Å². The van der Waals surface area contributed by atoms with Crippen molar-refractivity contribution in [3.63, 3.8) is 0 Å². The van der Waals surface area contributed by atoms with Crippen molar-refractivity contribution in [1.82, 2.24) is 9.78 Å². The maximum Gasteiger partial charge on any atom is 0.360 e. The number of nitrogens with zero attached hydrogens (tertiary/aromatic N) is 2. The molecule has 0 spiro atoms. The molecule has 0 unspecified atom stereocenters. The van der Waals surface area contributed by atoms with Crippen molar-refractivity contribution in [3.8, 4) is 5.69 Å². The second kappa shape index (κ2) is 6.00. The lowest BCUT2D eigenvalue weighted by atomic mass is 10.3. The number of hydrogen-bond acceptors (Lipinski definition) is 3. The van der Waals surface area contributed by atoms with E-state index in [4.69, 9.17) is 4.74 Å². The van der Waals surface area contributed by atoms with E-state index in [9.17, 15) is 9.18 Å². The lowest BCUT2D eigenvalue weighted by Crippen LogP contribution is -2.07. The number of hydrogen-bond donors (Lipinski definition) is 0. The van der Waals surface area contributed by atoms with Crippen molar-refractivity contribution in [2.75, 3.05) is 6.61 Å².